The third-order valence-electron chi connectivity index (χ3n) is 10.5. The van der Waals surface area contributed by atoms with E-state index < -0.39 is 20.7 Å². The Labute approximate surface area is 266 Å². The standard InChI is InChI=1S/C32H51BrO9Si/c1-16(34)12-19-20(30(35)39-9)13-18-14-22(33)25-21(24(18)19)15-23(27(25)42-43(10,11)32(3,4)5)41-31-29(38-8)28(37-7)26(36-6)17(2)40-31/h13-14,17-19,21,23-29,31H,12,15H2,1-11H3/t17-,18+,19-,21-,23-,24-,25+,26-,27-,28+,29+,31-/m0/s1. The van der Waals surface area contributed by atoms with Gasteiger partial charge >= 0.3 is 5.97 Å². The summed E-state index contributed by atoms with van der Waals surface area (Å²) < 4.78 is 44.2. The Morgan fingerprint density at radius 3 is 2.16 bits per heavy atom. The number of methoxy groups -OCH3 is 4. The van der Waals surface area contributed by atoms with Crippen LogP contribution in [0.1, 0.15) is 47.5 Å². The van der Waals surface area contributed by atoms with Gasteiger partial charge in [0.2, 0.25) is 0 Å². The Bertz CT molecular complexity index is 1100. The highest BCUT2D eigenvalue weighted by Crippen LogP contribution is 2.59. The maximum atomic E-state index is 12.9. The fraction of sp³-hybridized carbons (Fsp3) is 0.812. The lowest BCUT2D eigenvalue weighted by atomic mass is 9.67. The van der Waals surface area contributed by atoms with Crippen molar-refractivity contribution in [2.75, 3.05) is 28.4 Å². The van der Waals surface area contributed by atoms with Crippen molar-refractivity contribution in [2.24, 2.45) is 29.6 Å². The summed E-state index contributed by atoms with van der Waals surface area (Å²) in [4.78, 5) is 25.4. The average molecular weight is 688 g/mol. The monoisotopic (exact) mass is 686 g/mol. The van der Waals surface area contributed by atoms with E-state index in [9.17, 15) is 9.59 Å². The lowest BCUT2D eigenvalue weighted by Gasteiger charge is -2.46. The van der Waals surface area contributed by atoms with Gasteiger partial charge in [-0.05, 0) is 54.7 Å². The minimum Gasteiger partial charge on any atom is -0.466 e. The van der Waals surface area contributed by atoms with Gasteiger partial charge in [0.25, 0.3) is 0 Å². The molecule has 0 N–H and O–H groups in total. The van der Waals surface area contributed by atoms with Gasteiger partial charge < -0.3 is 37.6 Å². The minimum atomic E-state index is -2.26. The second-order valence-electron chi connectivity index (χ2n) is 14.1. The first kappa shape index (κ1) is 34.9. The first-order valence-electron chi connectivity index (χ1n) is 15.3. The minimum absolute atomic E-state index is 0.000597. The molecule has 0 aromatic carbocycles. The summed E-state index contributed by atoms with van der Waals surface area (Å²) in [6.45, 7) is 14.8. The number of Topliss-reactive ketones (excluding diaryl/α,β-unsaturated/α-hetero) is 1. The molecule has 1 heterocycles. The van der Waals surface area contributed by atoms with E-state index in [0.717, 1.165) is 4.48 Å². The molecule has 0 aromatic heterocycles. The van der Waals surface area contributed by atoms with Crippen LogP contribution < -0.4 is 0 Å². The molecule has 1 saturated heterocycles. The van der Waals surface area contributed by atoms with Crippen LogP contribution in [0.25, 0.3) is 0 Å². The molecule has 9 nitrogen and oxygen atoms in total. The first-order chi connectivity index (χ1) is 20.1. The molecule has 0 radical (unpaired) electrons. The van der Waals surface area contributed by atoms with E-state index in [-0.39, 0.29) is 76.9 Å². The van der Waals surface area contributed by atoms with E-state index in [0.29, 0.717) is 18.4 Å². The largest absolute Gasteiger partial charge is 0.466 e. The molecule has 4 aliphatic rings. The van der Waals surface area contributed by atoms with Crippen molar-refractivity contribution in [1.82, 2.24) is 0 Å². The predicted molar refractivity (Wildman–Crippen MR) is 168 cm³/mol. The van der Waals surface area contributed by atoms with Crippen LogP contribution >= 0.6 is 15.9 Å². The summed E-state index contributed by atoms with van der Waals surface area (Å²) in [7, 11) is 4.06. The Balaban J connectivity index is 1.73. The normalized spacial score (nSPS) is 39.5. The fourth-order valence-electron chi connectivity index (χ4n) is 7.53. The number of ether oxygens (including phenoxy) is 6. The van der Waals surface area contributed by atoms with Gasteiger partial charge in [-0.15, -0.1) is 0 Å². The summed E-state index contributed by atoms with van der Waals surface area (Å²) in [6, 6.07) is 0. The van der Waals surface area contributed by atoms with E-state index in [1.807, 2.05) is 13.0 Å². The quantitative estimate of drug-likeness (QED) is 0.220. The zero-order valence-electron chi connectivity index (χ0n) is 27.5. The van der Waals surface area contributed by atoms with Crippen LogP contribution in [-0.2, 0) is 42.4 Å². The van der Waals surface area contributed by atoms with Gasteiger partial charge in [0, 0.05) is 51.1 Å². The van der Waals surface area contributed by atoms with Crippen molar-refractivity contribution in [2.45, 2.75) is 109 Å². The van der Waals surface area contributed by atoms with Crippen molar-refractivity contribution in [3.05, 3.63) is 22.2 Å². The SMILES string of the molecule is COC(=O)C1=C[C@@H]2C=C(Br)[C@H]3[C@@H](C[C@H](O[C@@H]4O[C@@H](C)[C@H](OC)[C@@H](OC)[C@H]4OC)[C@@H]3O[Si](C)(C)C(C)(C)C)[C@@H]2[C@H]1CC(C)=O. The molecule has 2 fully saturated rings. The third-order valence-corrected chi connectivity index (χ3v) is 15.8. The first-order valence-corrected chi connectivity index (χ1v) is 19.0. The molecule has 1 saturated carbocycles. The summed E-state index contributed by atoms with van der Waals surface area (Å²) in [6.07, 6.45) is 2.37. The molecule has 43 heavy (non-hydrogen) atoms. The Morgan fingerprint density at radius 2 is 1.63 bits per heavy atom. The van der Waals surface area contributed by atoms with Crippen molar-refractivity contribution in [3.63, 3.8) is 0 Å². The van der Waals surface area contributed by atoms with Crippen molar-refractivity contribution >= 4 is 36.0 Å². The number of rotatable bonds is 10. The summed E-state index contributed by atoms with van der Waals surface area (Å²) in [5.41, 5.74) is 0.591. The number of carbonyl (C=O) groups is 2. The smallest absolute Gasteiger partial charge is 0.333 e. The Hall–Kier alpha value is -0.923. The lowest BCUT2D eigenvalue weighted by Crippen LogP contribution is -2.60. The average Bonchev–Trinajstić information content (AvgIpc) is 3.44. The van der Waals surface area contributed by atoms with Gasteiger partial charge in [-0.2, -0.15) is 0 Å². The van der Waals surface area contributed by atoms with Gasteiger partial charge in [0.1, 0.15) is 24.1 Å². The number of fused-ring (bicyclic) bond motifs is 3. The molecule has 0 aromatic rings. The van der Waals surface area contributed by atoms with Crippen molar-refractivity contribution in [3.8, 4) is 0 Å². The highest BCUT2D eigenvalue weighted by atomic mass is 79.9. The molecule has 244 valence electrons. The van der Waals surface area contributed by atoms with Gasteiger partial charge in [0.05, 0.1) is 25.4 Å². The zero-order chi connectivity index (χ0) is 32.0. The molecule has 0 amide bonds. The summed E-state index contributed by atoms with van der Waals surface area (Å²) in [5.74, 6) is -0.420. The van der Waals surface area contributed by atoms with Crippen molar-refractivity contribution < 1.29 is 42.4 Å². The van der Waals surface area contributed by atoms with E-state index in [4.69, 9.17) is 32.8 Å². The molecular formula is C32H51BrO9Si. The van der Waals surface area contributed by atoms with Gasteiger partial charge in [-0.3, -0.25) is 0 Å². The number of halogens is 1. The summed E-state index contributed by atoms with van der Waals surface area (Å²) >= 11 is 3.94. The lowest BCUT2D eigenvalue weighted by molar-refractivity contribution is -0.318. The molecular weight excluding hydrogens is 636 g/mol. The topological polar surface area (TPSA) is 98.8 Å². The fourth-order valence-corrected chi connectivity index (χ4v) is 9.76. The predicted octanol–water partition coefficient (Wildman–Crippen LogP) is 5.42. The molecule has 1 aliphatic heterocycles. The van der Waals surface area contributed by atoms with Gasteiger partial charge in [0.15, 0.2) is 14.6 Å². The molecule has 0 spiro atoms. The van der Waals surface area contributed by atoms with Gasteiger partial charge in [-0.1, -0.05) is 48.9 Å². The molecule has 11 heteroatoms. The van der Waals surface area contributed by atoms with Crippen LogP contribution in [0.3, 0.4) is 0 Å². The van der Waals surface area contributed by atoms with E-state index in [1.54, 1.807) is 28.3 Å². The molecule has 0 bridgehead atoms. The van der Waals surface area contributed by atoms with Crippen LogP contribution in [-0.4, -0.2) is 91.4 Å². The molecule has 12 atom stereocenters. The number of hydrogen-bond donors (Lipinski definition) is 0. The van der Waals surface area contributed by atoms with Crippen LogP contribution in [0.4, 0.5) is 0 Å². The van der Waals surface area contributed by atoms with E-state index in [2.05, 4.69) is 55.9 Å². The highest BCUT2D eigenvalue weighted by Gasteiger charge is 2.59. The number of esters is 1. The van der Waals surface area contributed by atoms with E-state index in [1.165, 1.54) is 7.11 Å². The Morgan fingerprint density at radius 1 is 1.00 bits per heavy atom. The number of hydrogen-bond acceptors (Lipinski definition) is 9. The maximum absolute atomic E-state index is 12.9. The number of ketones is 1. The van der Waals surface area contributed by atoms with Gasteiger partial charge in [-0.25, -0.2) is 4.79 Å². The van der Waals surface area contributed by atoms with E-state index >= 15 is 0 Å². The molecule has 0 unspecified atom stereocenters. The van der Waals surface area contributed by atoms with Crippen LogP contribution in [0.2, 0.25) is 18.1 Å². The second kappa shape index (κ2) is 13.4. The second-order valence-corrected chi connectivity index (χ2v) is 19.8. The molecule has 4 rings (SSSR count). The van der Waals surface area contributed by atoms with Crippen LogP contribution in [0.5, 0.6) is 0 Å². The van der Waals surface area contributed by atoms with Crippen molar-refractivity contribution in [1.29, 1.82) is 0 Å². The van der Waals surface area contributed by atoms with Crippen LogP contribution in [0.15, 0.2) is 22.2 Å². The zero-order valence-corrected chi connectivity index (χ0v) is 30.1. The van der Waals surface area contributed by atoms with Crippen LogP contribution in [0, 0.1) is 29.6 Å². The Kier molecular flexibility index (Phi) is 10.9. The number of carbonyl (C=O) groups excluding carboxylic acids is 2. The summed E-state index contributed by atoms with van der Waals surface area (Å²) in [5, 5.41) is -0.0229. The highest BCUT2D eigenvalue weighted by molar-refractivity contribution is 9.11. The number of allylic oxidation sites excluding steroid dienone is 2. The third kappa shape index (κ3) is 6.66. The maximum Gasteiger partial charge on any atom is 0.333 e. The molecule has 3 aliphatic carbocycles.